The van der Waals surface area contributed by atoms with Crippen LogP contribution in [0.2, 0.25) is 4.34 Å². The molecule has 2 fully saturated rings. The van der Waals surface area contributed by atoms with Gasteiger partial charge in [-0.25, -0.2) is 0 Å². The first kappa shape index (κ1) is 14.4. The lowest BCUT2D eigenvalue weighted by Crippen LogP contribution is -2.29. The molecule has 0 nitrogen and oxygen atoms in total. The van der Waals surface area contributed by atoms with Gasteiger partial charge in [0.25, 0.3) is 0 Å². The van der Waals surface area contributed by atoms with Crippen LogP contribution in [-0.4, -0.2) is 0 Å². The molecule has 106 valence electrons. The monoisotopic (exact) mass is 360 g/mol. The van der Waals surface area contributed by atoms with Crippen LogP contribution in [0, 0.1) is 24.7 Å². The molecular weight excluding hydrogens is 340 g/mol. The Morgan fingerprint density at radius 1 is 1.21 bits per heavy atom. The van der Waals surface area contributed by atoms with Gasteiger partial charge in [-0.2, -0.15) is 0 Å². The highest BCUT2D eigenvalue weighted by atomic mass is 79.9. The van der Waals surface area contributed by atoms with Crippen molar-refractivity contribution in [3.8, 4) is 0 Å². The minimum Gasteiger partial charge on any atom is -0.127 e. The second-order valence-corrected chi connectivity index (χ2v) is 9.06. The van der Waals surface area contributed by atoms with E-state index in [4.69, 9.17) is 11.6 Å². The van der Waals surface area contributed by atoms with E-state index in [-0.39, 0.29) is 0 Å². The van der Waals surface area contributed by atoms with Crippen molar-refractivity contribution < 1.29 is 0 Å². The van der Waals surface area contributed by atoms with Crippen LogP contribution in [0.3, 0.4) is 0 Å². The van der Waals surface area contributed by atoms with Gasteiger partial charge in [0, 0.05) is 4.88 Å². The highest BCUT2D eigenvalue weighted by Gasteiger charge is 2.35. The zero-order valence-electron chi connectivity index (χ0n) is 11.5. The smallest absolute Gasteiger partial charge is 0.0960 e. The molecular formula is C16H22BrClS. The number of thiophene rings is 1. The molecule has 2 saturated carbocycles. The maximum Gasteiger partial charge on any atom is 0.0960 e. The third kappa shape index (κ3) is 3.06. The first-order valence-electron chi connectivity index (χ1n) is 7.55. The number of hydrogen-bond donors (Lipinski definition) is 0. The van der Waals surface area contributed by atoms with E-state index in [2.05, 4.69) is 28.9 Å². The Labute approximate surface area is 134 Å². The SMILES string of the molecule is Cc1cc(C(Br)C2CCC3CCCCC3C2)sc1Cl. The van der Waals surface area contributed by atoms with Crippen molar-refractivity contribution in [3.63, 3.8) is 0 Å². The van der Waals surface area contributed by atoms with Gasteiger partial charge in [-0.1, -0.05) is 53.2 Å². The van der Waals surface area contributed by atoms with Crippen LogP contribution in [0.15, 0.2) is 6.07 Å². The molecule has 3 heteroatoms. The van der Waals surface area contributed by atoms with E-state index in [1.165, 1.54) is 55.4 Å². The zero-order valence-corrected chi connectivity index (χ0v) is 14.7. The quantitative estimate of drug-likeness (QED) is 0.511. The highest BCUT2D eigenvalue weighted by Crippen LogP contribution is 2.50. The summed E-state index contributed by atoms with van der Waals surface area (Å²) in [7, 11) is 0. The van der Waals surface area contributed by atoms with Crippen LogP contribution in [0.25, 0.3) is 0 Å². The fourth-order valence-electron chi connectivity index (χ4n) is 4.03. The van der Waals surface area contributed by atoms with Gasteiger partial charge < -0.3 is 0 Å². The predicted molar refractivity (Wildman–Crippen MR) is 88.5 cm³/mol. The summed E-state index contributed by atoms with van der Waals surface area (Å²) in [5.74, 6) is 2.86. The van der Waals surface area contributed by atoms with E-state index < -0.39 is 0 Å². The molecule has 0 aromatic carbocycles. The minimum atomic E-state index is 0.520. The van der Waals surface area contributed by atoms with E-state index in [1.54, 1.807) is 11.3 Å². The summed E-state index contributed by atoms with van der Waals surface area (Å²) in [6, 6.07) is 2.28. The molecule has 1 aromatic rings. The van der Waals surface area contributed by atoms with E-state index >= 15 is 0 Å². The molecule has 0 amide bonds. The molecule has 0 aliphatic heterocycles. The Morgan fingerprint density at radius 3 is 2.63 bits per heavy atom. The number of alkyl halides is 1. The van der Waals surface area contributed by atoms with Crippen LogP contribution in [-0.2, 0) is 0 Å². The summed E-state index contributed by atoms with van der Waals surface area (Å²) < 4.78 is 0.964. The first-order valence-corrected chi connectivity index (χ1v) is 9.66. The van der Waals surface area contributed by atoms with Gasteiger partial charge in [0.05, 0.1) is 9.16 Å². The summed E-state index contributed by atoms with van der Waals surface area (Å²) in [5.41, 5.74) is 1.23. The summed E-state index contributed by atoms with van der Waals surface area (Å²) in [6.07, 6.45) is 10.2. The summed E-state index contributed by atoms with van der Waals surface area (Å²) >= 11 is 11.9. The van der Waals surface area contributed by atoms with Gasteiger partial charge in [-0.05, 0) is 55.6 Å². The molecule has 0 bridgehead atoms. The van der Waals surface area contributed by atoms with Gasteiger partial charge >= 0.3 is 0 Å². The van der Waals surface area contributed by atoms with Gasteiger partial charge in [-0.3, -0.25) is 0 Å². The van der Waals surface area contributed by atoms with Crippen LogP contribution in [0.1, 0.15) is 60.2 Å². The molecule has 4 atom stereocenters. The molecule has 0 saturated heterocycles. The summed E-state index contributed by atoms with van der Waals surface area (Å²) in [4.78, 5) is 1.95. The molecule has 2 aliphatic carbocycles. The third-order valence-electron chi connectivity index (χ3n) is 5.14. The Hall–Kier alpha value is 0.470. The fourth-order valence-corrected chi connectivity index (χ4v) is 6.21. The summed E-state index contributed by atoms with van der Waals surface area (Å²) in [6.45, 7) is 2.11. The van der Waals surface area contributed by atoms with Crippen LogP contribution >= 0.6 is 38.9 Å². The molecule has 4 unspecified atom stereocenters. The van der Waals surface area contributed by atoms with Crippen molar-refractivity contribution in [1.82, 2.24) is 0 Å². The molecule has 0 N–H and O–H groups in total. The third-order valence-corrected chi connectivity index (χ3v) is 8.32. The maximum atomic E-state index is 6.22. The van der Waals surface area contributed by atoms with E-state index in [0.29, 0.717) is 4.83 Å². The van der Waals surface area contributed by atoms with Gasteiger partial charge in [0.1, 0.15) is 0 Å². The number of halogens is 2. The standard InChI is InChI=1S/C16H22BrClS/c1-10-8-14(19-16(10)18)15(17)13-7-6-11-4-2-3-5-12(11)9-13/h8,11-13,15H,2-7,9H2,1H3. The first-order chi connectivity index (χ1) is 9.15. The second kappa shape index (κ2) is 6.07. The number of hydrogen-bond acceptors (Lipinski definition) is 1. The van der Waals surface area contributed by atoms with Crippen molar-refractivity contribution >= 4 is 38.9 Å². The summed E-state index contributed by atoms with van der Waals surface area (Å²) in [5, 5.41) is 0. The van der Waals surface area contributed by atoms with Gasteiger partial charge in [0.2, 0.25) is 0 Å². The number of fused-ring (bicyclic) bond motifs is 1. The van der Waals surface area contributed by atoms with Crippen molar-refractivity contribution in [2.75, 3.05) is 0 Å². The van der Waals surface area contributed by atoms with Crippen LogP contribution in [0.5, 0.6) is 0 Å². The second-order valence-electron chi connectivity index (χ2n) is 6.38. The van der Waals surface area contributed by atoms with Crippen LogP contribution < -0.4 is 0 Å². The Kier molecular flexibility index (Phi) is 4.60. The predicted octanol–water partition coefficient (Wildman–Crippen LogP) is 6.75. The Balaban J connectivity index is 1.68. The van der Waals surface area contributed by atoms with E-state index in [1.807, 2.05) is 0 Å². The molecule has 0 spiro atoms. The lowest BCUT2D eigenvalue weighted by molar-refractivity contribution is 0.129. The number of aryl methyl sites for hydroxylation is 1. The average Bonchev–Trinajstić information content (AvgIpc) is 2.77. The average molecular weight is 362 g/mol. The molecule has 3 rings (SSSR count). The van der Waals surface area contributed by atoms with E-state index in [0.717, 1.165) is 22.1 Å². The molecule has 19 heavy (non-hydrogen) atoms. The minimum absolute atomic E-state index is 0.520. The van der Waals surface area contributed by atoms with Gasteiger partial charge in [0.15, 0.2) is 0 Å². The zero-order chi connectivity index (χ0) is 13.4. The van der Waals surface area contributed by atoms with Crippen molar-refractivity contribution in [2.45, 2.75) is 56.7 Å². The molecule has 1 aromatic heterocycles. The van der Waals surface area contributed by atoms with Crippen molar-refractivity contribution in [1.29, 1.82) is 0 Å². The molecule has 2 aliphatic rings. The molecule has 0 radical (unpaired) electrons. The lowest BCUT2D eigenvalue weighted by Gasteiger charge is -2.40. The Bertz CT molecular complexity index is 422. The molecule has 1 heterocycles. The maximum absolute atomic E-state index is 6.22. The normalized spacial score (nSPS) is 32.9. The Morgan fingerprint density at radius 2 is 1.95 bits per heavy atom. The van der Waals surface area contributed by atoms with Crippen molar-refractivity contribution in [2.24, 2.45) is 17.8 Å². The van der Waals surface area contributed by atoms with Crippen LogP contribution in [0.4, 0.5) is 0 Å². The van der Waals surface area contributed by atoms with Gasteiger partial charge in [-0.15, -0.1) is 11.3 Å². The lowest BCUT2D eigenvalue weighted by atomic mass is 9.67. The number of rotatable bonds is 2. The van der Waals surface area contributed by atoms with E-state index in [9.17, 15) is 0 Å². The highest BCUT2D eigenvalue weighted by molar-refractivity contribution is 9.09. The van der Waals surface area contributed by atoms with Crippen molar-refractivity contribution in [3.05, 3.63) is 20.8 Å². The topological polar surface area (TPSA) is 0 Å². The fraction of sp³-hybridized carbons (Fsp3) is 0.750. The largest absolute Gasteiger partial charge is 0.127 e.